The first kappa shape index (κ1) is 18.4. The largest absolute Gasteiger partial charge is 0.419 e. The Morgan fingerprint density at radius 2 is 2.00 bits per heavy atom. The van der Waals surface area contributed by atoms with Crippen LogP contribution in [0.15, 0.2) is 18.5 Å². The molecule has 2 aromatic rings. The van der Waals surface area contributed by atoms with E-state index in [2.05, 4.69) is 34.9 Å². The van der Waals surface area contributed by atoms with E-state index in [0.29, 0.717) is 6.61 Å². The van der Waals surface area contributed by atoms with Gasteiger partial charge in [-0.2, -0.15) is 13.2 Å². The fourth-order valence-electron chi connectivity index (χ4n) is 1.87. The van der Waals surface area contributed by atoms with Gasteiger partial charge in [-0.1, -0.05) is 24.9 Å². The van der Waals surface area contributed by atoms with E-state index in [9.17, 15) is 13.2 Å². The topological polar surface area (TPSA) is 78.9 Å². The Morgan fingerprint density at radius 1 is 1.29 bits per heavy atom. The molecule has 0 spiro atoms. The van der Waals surface area contributed by atoms with Gasteiger partial charge in [-0.15, -0.1) is 5.10 Å². The summed E-state index contributed by atoms with van der Waals surface area (Å²) in [5.41, 5.74) is 4.78. The molecule has 0 unspecified atom stereocenters. The zero-order valence-corrected chi connectivity index (χ0v) is 14.8. The van der Waals surface area contributed by atoms with E-state index in [-0.39, 0.29) is 18.0 Å². The van der Waals surface area contributed by atoms with E-state index in [1.165, 1.54) is 17.1 Å². The number of anilines is 1. The number of ether oxygens (including phenoxy) is 1. The van der Waals surface area contributed by atoms with Crippen LogP contribution in [0.2, 0.25) is 25.7 Å². The van der Waals surface area contributed by atoms with Crippen LogP contribution in [-0.4, -0.2) is 34.7 Å². The average Bonchev–Trinajstić information content (AvgIpc) is 2.91. The lowest BCUT2D eigenvalue weighted by Gasteiger charge is -2.15. The molecule has 6 nitrogen and oxygen atoms in total. The third-order valence-electron chi connectivity index (χ3n) is 3.28. The number of halogens is 3. The molecule has 0 saturated heterocycles. The van der Waals surface area contributed by atoms with E-state index >= 15 is 0 Å². The van der Waals surface area contributed by atoms with Gasteiger partial charge in [0.15, 0.2) is 0 Å². The van der Waals surface area contributed by atoms with Gasteiger partial charge in [-0.3, -0.25) is 0 Å². The van der Waals surface area contributed by atoms with Crippen LogP contribution < -0.4 is 5.73 Å². The van der Waals surface area contributed by atoms with Gasteiger partial charge >= 0.3 is 6.18 Å². The molecule has 2 heterocycles. The molecule has 0 aromatic carbocycles. The zero-order chi connectivity index (χ0) is 18.0. The van der Waals surface area contributed by atoms with Crippen LogP contribution >= 0.6 is 0 Å². The summed E-state index contributed by atoms with van der Waals surface area (Å²) >= 11 is 0. The summed E-state index contributed by atoms with van der Waals surface area (Å²) in [7, 11) is -1.17. The Balaban J connectivity index is 2.05. The second kappa shape index (κ2) is 6.89. The molecule has 2 N–H and O–H groups in total. The highest BCUT2D eigenvalue weighted by atomic mass is 28.3. The molecule has 2 rings (SSSR count). The summed E-state index contributed by atoms with van der Waals surface area (Å²) < 4.78 is 45.6. The minimum atomic E-state index is -4.57. The highest BCUT2D eigenvalue weighted by molar-refractivity contribution is 6.76. The van der Waals surface area contributed by atoms with Crippen LogP contribution in [0.1, 0.15) is 5.56 Å². The summed E-state index contributed by atoms with van der Waals surface area (Å²) in [6, 6.07) is 1.94. The molecule has 0 amide bonds. The molecule has 0 fully saturated rings. The van der Waals surface area contributed by atoms with Gasteiger partial charge in [0.05, 0.1) is 11.8 Å². The summed E-state index contributed by atoms with van der Waals surface area (Å²) in [5.74, 6) is -0.562. The molecule has 0 aliphatic carbocycles. The number of pyridine rings is 1. The van der Waals surface area contributed by atoms with Crippen molar-refractivity contribution in [2.24, 2.45) is 0 Å². The smallest absolute Gasteiger partial charge is 0.383 e. The van der Waals surface area contributed by atoms with Crippen molar-refractivity contribution in [1.82, 2.24) is 20.0 Å². The van der Waals surface area contributed by atoms with Gasteiger partial charge in [0.1, 0.15) is 18.2 Å². The van der Waals surface area contributed by atoms with Crippen molar-refractivity contribution >= 4 is 13.9 Å². The molecule has 0 aliphatic heterocycles. The fraction of sp³-hybridized carbons (Fsp3) is 0.500. The van der Waals surface area contributed by atoms with E-state index < -0.39 is 25.6 Å². The molecule has 0 atom stereocenters. The van der Waals surface area contributed by atoms with Crippen molar-refractivity contribution in [2.75, 3.05) is 12.3 Å². The van der Waals surface area contributed by atoms with Gasteiger partial charge < -0.3 is 10.5 Å². The molecule has 24 heavy (non-hydrogen) atoms. The maximum atomic E-state index is 12.9. The molecule has 0 saturated carbocycles. The predicted molar refractivity (Wildman–Crippen MR) is 86.8 cm³/mol. The third kappa shape index (κ3) is 5.03. The number of rotatable bonds is 6. The Kier molecular flexibility index (Phi) is 5.28. The highest BCUT2D eigenvalue weighted by Gasteiger charge is 2.34. The monoisotopic (exact) mass is 359 g/mol. The van der Waals surface area contributed by atoms with Gasteiger partial charge in [0.2, 0.25) is 0 Å². The van der Waals surface area contributed by atoms with Gasteiger partial charge in [-0.25, -0.2) is 9.67 Å². The lowest BCUT2D eigenvalue weighted by atomic mass is 10.1. The Morgan fingerprint density at radius 3 is 2.62 bits per heavy atom. The SMILES string of the molecule is C[Si](C)(C)CCOCn1cc(-c2cnc(N)c(C(F)(F)F)c2)nn1. The van der Waals surface area contributed by atoms with E-state index in [1.54, 1.807) is 0 Å². The van der Waals surface area contributed by atoms with Crippen molar-refractivity contribution in [1.29, 1.82) is 0 Å². The van der Waals surface area contributed by atoms with Crippen LogP contribution in [0.3, 0.4) is 0 Å². The molecule has 0 aliphatic rings. The molecule has 132 valence electrons. The third-order valence-corrected chi connectivity index (χ3v) is 4.98. The van der Waals surface area contributed by atoms with Gasteiger partial charge in [0.25, 0.3) is 0 Å². The van der Waals surface area contributed by atoms with Gasteiger partial charge in [0, 0.05) is 26.4 Å². The number of nitrogen functional groups attached to an aromatic ring is 1. The minimum Gasteiger partial charge on any atom is -0.383 e. The average molecular weight is 359 g/mol. The lowest BCUT2D eigenvalue weighted by molar-refractivity contribution is -0.137. The molecule has 10 heteroatoms. The van der Waals surface area contributed by atoms with Crippen molar-refractivity contribution in [2.45, 2.75) is 38.6 Å². The number of hydrogen-bond donors (Lipinski definition) is 1. The first-order chi connectivity index (χ1) is 11.1. The minimum absolute atomic E-state index is 0.199. The van der Waals surface area contributed by atoms with Crippen LogP contribution in [0.4, 0.5) is 19.0 Å². The first-order valence-corrected chi connectivity index (χ1v) is 11.1. The van der Waals surface area contributed by atoms with Crippen LogP contribution in [-0.2, 0) is 17.6 Å². The number of nitrogens with two attached hydrogens (primary N) is 1. The van der Waals surface area contributed by atoms with Crippen LogP contribution in [0.5, 0.6) is 0 Å². The van der Waals surface area contributed by atoms with Crippen molar-refractivity contribution in [3.8, 4) is 11.3 Å². The number of alkyl halides is 3. The van der Waals surface area contributed by atoms with Crippen LogP contribution in [0, 0.1) is 0 Å². The molecule has 2 aromatic heterocycles. The maximum Gasteiger partial charge on any atom is 0.419 e. The Labute approximate surface area is 138 Å². The second-order valence-corrected chi connectivity index (χ2v) is 12.3. The molecular weight excluding hydrogens is 339 g/mol. The summed E-state index contributed by atoms with van der Waals surface area (Å²) in [6.45, 7) is 7.56. The lowest BCUT2D eigenvalue weighted by Crippen LogP contribution is -2.22. The zero-order valence-electron chi connectivity index (χ0n) is 13.8. The first-order valence-electron chi connectivity index (χ1n) is 7.37. The second-order valence-electron chi connectivity index (χ2n) is 6.65. The van der Waals surface area contributed by atoms with E-state index in [4.69, 9.17) is 10.5 Å². The summed E-state index contributed by atoms with van der Waals surface area (Å²) in [4.78, 5) is 3.59. The number of nitrogens with zero attached hydrogens (tertiary/aromatic N) is 4. The van der Waals surface area contributed by atoms with Crippen molar-refractivity contribution in [3.63, 3.8) is 0 Å². The van der Waals surface area contributed by atoms with E-state index in [0.717, 1.165) is 12.1 Å². The summed E-state index contributed by atoms with van der Waals surface area (Å²) in [5, 5.41) is 7.71. The quantitative estimate of drug-likeness (QED) is 0.633. The maximum absolute atomic E-state index is 12.9. The van der Waals surface area contributed by atoms with E-state index in [1.807, 2.05) is 0 Å². The van der Waals surface area contributed by atoms with Gasteiger partial charge in [-0.05, 0) is 12.1 Å². The normalized spacial score (nSPS) is 12.6. The summed E-state index contributed by atoms with van der Waals surface area (Å²) in [6.07, 6.45) is -1.81. The van der Waals surface area contributed by atoms with Crippen LogP contribution in [0.25, 0.3) is 11.3 Å². The molecule has 0 bridgehead atoms. The predicted octanol–water partition coefficient (Wildman–Crippen LogP) is 3.25. The van der Waals surface area contributed by atoms with Crippen molar-refractivity contribution < 1.29 is 17.9 Å². The number of aromatic nitrogens is 4. The standard InChI is InChI=1S/C14H20F3N5OSi/c1-24(2,3)5-4-23-9-22-8-12(20-21-22)10-6-11(14(15,16)17)13(18)19-7-10/h6-8H,4-5,9H2,1-3H3,(H2,18,19). The number of hydrogen-bond acceptors (Lipinski definition) is 5. The molecule has 0 radical (unpaired) electrons. The van der Waals surface area contributed by atoms with Crippen molar-refractivity contribution in [3.05, 3.63) is 24.0 Å². The Bertz CT molecular complexity index is 696. The molecular formula is C14H20F3N5OSi. The highest BCUT2D eigenvalue weighted by Crippen LogP contribution is 2.34. The fourth-order valence-corrected chi connectivity index (χ4v) is 2.63. The Hall–Kier alpha value is -1.94.